The Kier molecular flexibility index (Phi) is 7.18. The van der Waals surface area contributed by atoms with E-state index >= 15 is 0 Å². The van der Waals surface area contributed by atoms with Crippen molar-refractivity contribution in [3.63, 3.8) is 0 Å². The predicted octanol–water partition coefficient (Wildman–Crippen LogP) is 2.90. The van der Waals surface area contributed by atoms with Gasteiger partial charge in [-0.05, 0) is 42.7 Å². The molecule has 0 aliphatic carbocycles. The van der Waals surface area contributed by atoms with E-state index in [0.29, 0.717) is 12.3 Å². The summed E-state index contributed by atoms with van der Waals surface area (Å²) in [4.78, 5) is 24.5. The molecule has 1 aliphatic rings. The average molecular weight is 417 g/mol. The number of rotatable bonds is 8. The second-order valence-electron chi connectivity index (χ2n) is 7.13. The van der Waals surface area contributed by atoms with Gasteiger partial charge in [-0.15, -0.1) is 0 Å². The summed E-state index contributed by atoms with van der Waals surface area (Å²) in [5.74, 6) is 0.0302. The van der Waals surface area contributed by atoms with Gasteiger partial charge in [0.1, 0.15) is 5.75 Å². The average Bonchev–Trinajstić information content (AvgIpc) is 2.74. The zero-order chi connectivity index (χ0) is 21.5. The van der Waals surface area contributed by atoms with Gasteiger partial charge in [0.2, 0.25) is 0 Å². The van der Waals surface area contributed by atoms with Crippen LogP contribution in [0.3, 0.4) is 0 Å². The van der Waals surface area contributed by atoms with E-state index in [1.165, 1.54) is 37.4 Å². The SMILES string of the molecule is COc1ccc(CN2CCC(NC(=O)COc3ccc([N+](=O)[O-])cc3)CC2)cc1F. The summed E-state index contributed by atoms with van der Waals surface area (Å²) < 4.78 is 24.1. The van der Waals surface area contributed by atoms with Gasteiger partial charge in [-0.25, -0.2) is 4.39 Å². The van der Waals surface area contributed by atoms with Crippen molar-refractivity contribution in [2.45, 2.75) is 25.4 Å². The minimum Gasteiger partial charge on any atom is -0.494 e. The van der Waals surface area contributed by atoms with E-state index in [2.05, 4.69) is 10.2 Å². The zero-order valence-corrected chi connectivity index (χ0v) is 16.7. The van der Waals surface area contributed by atoms with Gasteiger partial charge in [-0.3, -0.25) is 19.8 Å². The van der Waals surface area contributed by atoms with Gasteiger partial charge in [0, 0.05) is 37.8 Å². The smallest absolute Gasteiger partial charge is 0.269 e. The Morgan fingerprint density at radius 3 is 2.53 bits per heavy atom. The van der Waals surface area contributed by atoms with Crippen LogP contribution < -0.4 is 14.8 Å². The molecule has 0 bridgehead atoms. The fourth-order valence-electron chi connectivity index (χ4n) is 3.38. The highest BCUT2D eigenvalue weighted by molar-refractivity contribution is 5.77. The number of halogens is 1. The molecule has 1 saturated heterocycles. The van der Waals surface area contributed by atoms with E-state index in [9.17, 15) is 19.3 Å². The summed E-state index contributed by atoms with van der Waals surface area (Å²) in [5.41, 5.74) is 0.850. The summed E-state index contributed by atoms with van der Waals surface area (Å²) in [6, 6.07) is 10.6. The van der Waals surface area contributed by atoms with E-state index in [4.69, 9.17) is 9.47 Å². The summed E-state index contributed by atoms with van der Waals surface area (Å²) in [6.45, 7) is 2.08. The molecular formula is C21H24FN3O5. The van der Waals surface area contributed by atoms with Crippen molar-refractivity contribution >= 4 is 11.6 Å². The number of carbonyl (C=O) groups excluding carboxylic acids is 1. The van der Waals surface area contributed by atoms with Crippen molar-refractivity contribution in [1.82, 2.24) is 10.2 Å². The third-order valence-corrected chi connectivity index (χ3v) is 4.99. The fraction of sp³-hybridized carbons (Fsp3) is 0.381. The first kappa shape index (κ1) is 21.5. The van der Waals surface area contributed by atoms with Gasteiger partial charge in [-0.1, -0.05) is 6.07 Å². The molecular weight excluding hydrogens is 393 g/mol. The molecule has 1 fully saturated rings. The van der Waals surface area contributed by atoms with Gasteiger partial charge < -0.3 is 14.8 Å². The van der Waals surface area contributed by atoms with Gasteiger partial charge in [0.15, 0.2) is 18.2 Å². The van der Waals surface area contributed by atoms with Crippen LogP contribution in [0.25, 0.3) is 0 Å². The molecule has 8 nitrogen and oxygen atoms in total. The number of carbonyl (C=O) groups is 1. The molecule has 1 amide bonds. The van der Waals surface area contributed by atoms with Crippen molar-refractivity contribution in [2.75, 3.05) is 26.8 Å². The molecule has 2 aromatic carbocycles. The number of nitro benzene ring substituents is 1. The van der Waals surface area contributed by atoms with Crippen LogP contribution in [-0.2, 0) is 11.3 Å². The maximum Gasteiger partial charge on any atom is 0.269 e. The first-order valence-corrected chi connectivity index (χ1v) is 9.66. The molecule has 0 spiro atoms. The molecule has 0 aromatic heterocycles. The van der Waals surface area contributed by atoms with Crippen LogP contribution >= 0.6 is 0 Å². The predicted molar refractivity (Wildman–Crippen MR) is 108 cm³/mol. The van der Waals surface area contributed by atoms with E-state index in [1.807, 2.05) is 6.07 Å². The summed E-state index contributed by atoms with van der Waals surface area (Å²) in [7, 11) is 1.44. The number of non-ortho nitro benzene ring substituents is 1. The number of hydrogen-bond acceptors (Lipinski definition) is 6. The van der Waals surface area contributed by atoms with Crippen molar-refractivity contribution < 1.29 is 23.6 Å². The fourth-order valence-corrected chi connectivity index (χ4v) is 3.38. The summed E-state index contributed by atoms with van der Waals surface area (Å²) in [6.07, 6.45) is 1.59. The number of nitrogens with zero attached hydrogens (tertiary/aromatic N) is 2. The van der Waals surface area contributed by atoms with E-state index < -0.39 is 4.92 Å². The molecule has 1 heterocycles. The minimum atomic E-state index is -0.492. The first-order valence-electron chi connectivity index (χ1n) is 9.66. The van der Waals surface area contributed by atoms with Gasteiger partial charge in [0.25, 0.3) is 11.6 Å². The largest absolute Gasteiger partial charge is 0.494 e. The quantitative estimate of drug-likeness (QED) is 0.524. The molecule has 9 heteroatoms. The Balaban J connectivity index is 1.39. The molecule has 0 atom stereocenters. The van der Waals surface area contributed by atoms with Gasteiger partial charge >= 0.3 is 0 Å². The lowest BCUT2D eigenvalue weighted by molar-refractivity contribution is -0.384. The zero-order valence-electron chi connectivity index (χ0n) is 16.7. The Labute approximate surface area is 173 Å². The summed E-state index contributed by atoms with van der Waals surface area (Å²) >= 11 is 0. The maximum absolute atomic E-state index is 13.8. The number of nitrogens with one attached hydrogen (secondary N) is 1. The number of hydrogen-bond donors (Lipinski definition) is 1. The highest BCUT2D eigenvalue weighted by Gasteiger charge is 2.21. The number of likely N-dealkylation sites (tertiary alicyclic amines) is 1. The van der Waals surface area contributed by atoms with Crippen LogP contribution in [0.4, 0.5) is 10.1 Å². The second-order valence-corrected chi connectivity index (χ2v) is 7.13. The number of ether oxygens (including phenoxy) is 2. The lowest BCUT2D eigenvalue weighted by Gasteiger charge is -2.32. The summed E-state index contributed by atoms with van der Waals surface area (Å²) in [5, 5.41) is 13.6. The molecule has 0 radical (unpaired) electrons. The molecule has 0 saturated carbocycles. The van der Waals surface area contributed by atoms with Crippen LogP contribution in [0.1, 0.15) is 18.4 Å². The number of benzene rings is 2. The first-order chi connectivity index (χ1) is 14.4. The Bertz CT molecular complexity index is 883. The third kappa shape index (κ3) is 5.90. The van der Waals surface area contributed by atoms with Crippen LogP contribution in [-0.4, -0.2) is 48.6 Å². The van der Waals surface area contributed by atoms with E-state index in [-0.39, 0.29) is 35.8 Å². The molecule has 3 rings (SSSR count). The Morgan fingerprint density at radius 2 is 1.93 bits per heavy atom. The van der Waals surface area contributed by atoms with E-state index in [0.717, 1.165) is 31.5 Å². The highest BCUT2D eigenvalue weighted by atomic mass is 19.1. The standard InChI is InChI=1S/C21H24FN3O5/c1-29-20-7-2-15(12-19(20)22)13-24-10-8-16(9-11-24)23-21(26)14-30-18-5-3-17(4-6-18)25(27)28/h2-7,12,16H,8-11,13-14H2,1H3,(H,23,26). The monoisotopic (exact) mass is 417 g/mol. The molecule has 1 N–H and O–H groups in total. The highest BCUT2D eigenvalue weighted by Crippen LogP contribution is 2.20. The van der Waals surface area contributed by atoms with Crippen molar-refractivity contribution in [2.24, 2.45) is 0 Å². The molecule has 30 heavy (non-hydrogen) atoms. The molecule has 0 unspecified atom stereocenters. The lowest BCUT2D eigenvalue weighted by Crippen LogP contribution is -2.45. The number of amides is 1. The van der Waals surface area contributed by atoms with Crippen LogP contribution in [0.15, 0.2) is 42.5 Å². The van der Waals surface area contributed by atoms with Crippen molar-refractivity contribution in [3.05, 3.63) is 64.0 Å². The van der Waals surface area contributed by atoms with Crippen LogP contribution in [0, 0.1) is 15.9 Å². The number of methoxy groups -OCH3 is 1. The lowest BCUT2D eigenvalue weighted by atomic mass is 10.0. The van der Waals surface area contributed by atoms with E-state index in [1.54, 1.807) is 6.07 Å². The minimum absolute atomic E-state index is 0.0315. The van der Waals surface area contributed by atoms with Crippen molar-refractivity contribution in [1.29, 1.82) is 0 Å². The van der Waals surface area contributed by atoms with Crippen molar-refractivity contribution in [3.8, 4) is 11.5 Å². The Morgan fingerprint density at radius 1 is 1.23 bits per heavy atom. The second kappa shape index (κ2) is 10.0. The number of piperidine rings is 1. The normalized spacial score (nSPS) is 14.9. The third-order valence-electron chi connectivity index (χ3n) is 4.99. The Hall–Kier alpha value is -3.20. The van der Waals surface area contributed by atoms with Crippen LogP contribution in [0.2, 0.25) is 0 Å². The molecule has 1 aliphatic heterocycles. The van der Waals surface area contributed by atoms with Crippen LogP contribution in [0.5, 0.6) is 11.5 Å². The van der Waals surface area contributed by atoms with Gasteiger partial charge in [-0.2, -0.15) is 0 Å². The topological polar surface area (TPSA) is 93.9 Å². The molecule has 160 valence electrons. The molecule has 2 aromatic rings. The maximum atomic E-state index is 13.8. The van der Waals surface area contributed by atoms with Gasteiger partial charge in [0.05, 0.1) is 12.0 Å². The number of nitro groups is 1.